The third kappa shape index (κ3) is 4.21. The smallest absolute Gasteiger partial charge is 0.152 e. The molecule has 1 atom stereocenters. The van der Waals surface area contributed by atoms with Gasteiger partial charge in [-0.3, -0.25) is 0 Å². The van der Waals surface area contributed by atoms with Gasteiger partial charge in [-0.15, -0.1) is 0 Å². The lowest BCUT2D eigenvalue weighted by molar-refractivity contribution is 0.242. The maximum Gasteiger partial charge on any atom is 0.152 e. The van der Waals surface area contributed by atoms with Gasteiger partial charge >= 0.3 is 0 Å². The fourth-order valence-electron chi connectivity index (χ4n) is 2.47. The van der Waals surface area contributed by atoms with Crippen molar-refractivity contribution in [2.45, 2.75) is 45.4 Å². The minimum absolute atomic E-state index is 0.149. The van der Waals surface area contributed by atoms with Crippen LogP contribution in [0.3, 0.4) is 0 Å². The SMILES string of the molecule is CC(C)Oc1cccc(CNC2(C)CCS(=O)(=O)C2)c1. The van der Waals surface area contributed by atoms with Gasteiger partial charge in [0.1, 0.15) is 5.75 Å². The Morgan fingerprint density at radius 3 is 2.75 bits per heavy atom. The molecule has 0 amide bonds. The Kier molecular flexibility index (Phi) is 4.39. The molecule has 0 aliphatic carbocycles. The van der Waals surface area contributed by atoms with Gasteiger partial charge < -0.3 is 10.1 Å². The molecule has 2 rings (SSSR count). The average Bonchev–Trinajstić information content (AvgIpc) is 2.62. The molecule has 20 heavy (non-hydrogen) atoms. The maximum atomic E-state index is 11.6. The zero-order valence-electron chi connectivity index (χ0n) is 12.3. The van der Waals surface area contributed by atoms with Gasteiger partial charge in [0.05, 0.1) is 17.6 Å². The number of hydrogen-bond acceptors (Lipinski definition) is 4. The maximum absolute atomic E-state index is 11.6. The van der Waals surface area contributed by atoms with Crippen LogP contribution in [0, 0.1) is 0 Å². The molecule has 1 aromatic carbocycles. The molecule has 1 aliphatic rings. The van der Waals surface area contributed by atoms with Crippen molar-refractivity contribution in [2.24, 2.45) is 0 Å². The van der Waals surface area contributed by atoms with Gasteiger partial charge in [0, 0.05) is 12.1 Å². The summed E-state index contributed by atoms with van der Waals surface area (Å²) in [5, 5.41) is 3.38. The van der Waals surface area contributed by atoms with Crippen molar-refractivity contribution in [3.8, 4) is 5.75 Å². The highest BCUT2D eigenvalue weighted by Gasteiger charge is 2.37. The summed E-state index contributed by atoms with van der Waals surface area (Å²) < 4.78 is 28.8. The number of sulfone groups is 1. The lowest BCUT2D eigenvalue weighted by atomic mass is 10.0. The van der Waals surface area contributed by atoms with Crippen LogP contribution in [-0.2, 0) is 16.4 Å². The molecule has 112 valence electrons. The third-order valence-electron chi connectivity index (χ3n) is 3.49. The van der Waals surface area contributed by atoms with Crippen molar-refractivity contribution >= 4 is 9.84 Å². The highest BCUT2D eigenvalue weighted by molar-refractivity contribution is 7.91. The van der Waals surface area contributed by atoms with E-state index in [-0.39, 0.29) is 23.1 Å². The predicted molar refractivity (Wildman–Crippen MR) is 80.7 cm³/mol. The van der Waals surface area contributed by atoms with E-state index in [2.05, 4.69) is 5.32 Å². The van der Waals surface area contributed by atoms with Crippen LogP contribution in [0.25, 0.3) is 0 Å². The van der Waals surface area contributed by atoms with E-state index in [9.17, 15) is 8.42 Å². The summed E-state index contributed by atoms with van der Waals surface area (Å²) in [5.41, 5.74) is 0.793. The standard InChI is InChI=1S/C15H23NO3S/c1-12(2)19-14-6-4-5-13(9-14)10-16-15(3)7-8-20(17,18)11-15/h4-6,9,12,16H,7-8,10-11H2,1-3H3. The first-order valence-electron chi connectivity index (χ1n) is 6.99. The minimum Gasteiger partial charge on any atom is -0.491 e. The van der Waals surface area contributed by atoms with Crippen molar-refractivity contribution in [1.82, 2.24) is 5.32 Å². The number of benzene rings is 1. The van der Waals surface area contributed by atoms with E-state index in [0.717, 1.165) is 11.3 Å². The number of rotatable bonds is 5. The Hall–Kier alpha value is -1.07. The molecule has 4 nitrogen and oxygen atoms in total. The lowest BCUT2D eigenvalue weighted by Crippen LogP contribution is -2.42. The topological polar surface area (TPSA) is 55.4 Å². The predicted octanol–water partition coefficient (Wildman–Crippen LogP) is 2.14. The van der Waals surface area contributed by atoms with Crippen molar-refractivity contribution in [3.05, 3.63) is 29.8 Å². The highest BCUT2D eigenvalue weighted by atomic mass is 32.2. The first-order valence-corrected chi connectivity index (χ1v) is 8.81. The first-order chi connectivity index (χ1) is 9.28. The van der Waals surface area contributed by atoms with E-state index >= 15 is 0 Å². The Bertz CT molecular complexity index is 568. The van der Waals surface area contributed by atoms with E-state index in [0.29, 0.717) is 13.0 Å². The van der Waals surface area contributed by atoms with Crippen LogP contribution in [0.15, 0.2) is 24.3 Å². The molecule has 0 spiro atoms. The molecule has 1 saturated heterocycles. The van der Waals surface area contributed by atoms with Crippen LogP contribution in [0.5, 0.6) is 5.75 Å². The van der Waals surface area contributed by atoms with Gasteiger partial charge in [0.25, 0.3) is 0 Å². The Morgan fingerprint density at radius 2 is 2.15 bits per heavy atom. The third-order valence-corrected chi connectivity index (χ3v) is 5.40. The van der Waals surface area contributed by atoms with Gasteiger partial charge in [-0.1, -0.05) is 12.1 Å². The van der Waals surface area contributed by atoms with E-state index in [1.165, 1.54) is 0 Å². The summed E-state index contributed by atoms with van der Waals surface area (Å²) in [6.07, 6.45) is 0.827. The summed E-state index contributed by atoms with van der Waals surface area (Å²) in [4.78, 5) is 0. The largest absolute Gasteiger partial charge is 0.491 e. The van der Waals surface area contributed by atoms with E-state index in [1.54, 1.807) is 0 Å². The summed E-state index contributed by atoms with van der Waals surface area (Å²) in [6, 6.07) is 7.92. The molecule has 5 heteroatoms. The highest BCUT2D eigenvalue weighted by Crippen LogP contribution is 2.23. The molecular weight excluding hydrogens is 274 g/mol. The molecule has 1 unspecified atom stereocenters. The average molecular weight is 297 g/mol. The second kappa shape index (κ2) is 5.74. The van der Waals surface area contributed by atoms with Crippen molar-refractivity contribution in [1.29, 1.82) is 0 Å². The summed E-state index contributed by atoms with van der Waals surface area (Å²) in [6.45, 7) is 6.62. The fraction of sp³-hybridized carbons (Fsp3) is 0.600. The monoisotopic (exact) mass is 297 g/mol. The molecule has 0 radical (unpaired) electrons. The number of ether oxygens (including phenoxy) is 1. The molecule has 1 N–H and O–H groups in total. The second-order valence-electron chi connectivity index (χ2n) is 6.07. The first kappa shape index (κ1) is 15.3. The number of nitrogens with one attached hydrogen (secondary N) is 1. The molecule has 1 fully saturated rings. The van der Waals surface area contributed by atoms with E-state index < -0.39 is 9.84 Å². The van der Waals surface area contributed by atoms with Gasteiger partial charge in [-0.2, -0.15) is 0 Å². The van der Waals surface area contributed by atoms with Crippen molar-refractivity contribution in [2.75, 3.05) is 11.5 Å². The molecular formula is C15H23NO3S. The lowest BCUT2D eigenvalue weighted by Gasteiger charge is -2.24. The van der Waals surface area contributed by atoms with Gasteiger partial charge in [-0.05, 0) is 44.9 Å². The van der Waals surface area contributed by atoms with Crippen LogP contribution in [0.1, 0.15) is 32.8 Å². The Morgan fingerprint density at radius 1 is 1.40 bits per heavy atom. The molecule has 1 aromatic rings. The second-order valence-corrected chi connectivity index (χ2v) is 8.25. The fourth-order valence-corrected chi connectivity index (χ4v) is 4.59. The molecule has 1 heterocycles. The Labute approximate surface area is 121 Å². The summed E-state index contributed by atoms with van der Waals surface area (Å²) >= 11 is 0. The van der Waals surface area contributed by atoms with E-state index in [1.807, 2.05) is 45.0 Å². The van der Waals surface area contributed by atoms with Crippen LogP contribution >= 0.6 is 0 Å². The molecule has 0 saturated carbocycles. The zero-order valence-corrected chi connectivity index (χ0v) is 13.2. The van der Waals surface area contributed by atoms with Gasteiger partial charge in [-0.25, -0.2) is 8.42 Å². The van der Waals surface area contributed by atoms with Gasteiger partial charge in [0.15, 0.2) is 9.84 Å². The van der Waals surface area contributed by atoms with Crippen molar-refractivity contribution in [3.63, 3.8) is 0 Å². The normalized spacial score (nSPS) is 25.0. The number of hydrogen-bond donors (Lipinski definition) is 1. The summed E-state index contributed by atoms with van der Waals surface area (Å²) in [7, 11) is -2.87. The van der Waals surface area contributed by atoms with Crippen LogP contribution in [0.2, 0.25) is 0 Å². The summed E-state index contributed by atoms with van der Waals surface area (Å²) in [5.74, 6) is 1.36. The molecule has 1 aliphatic heterocycles. The van der Waals surface area contributed by atoms with Crippen LogP contribution in [0.4, 0.5) is 0 Å². The zero-order chi connectivity index (χ0) is 14.8. The quantitative estimate of drug-likeness (QED) is 0.904. The van der Waals surface area contributed by atoms with Crippen molar-refractivity contribution < 1.29 is 13.2 Å². The van der Waals surface area contributed by atoms with Crippen LogP contribution in [-0.4, -0.2) is 31.6 Å². The Balaban J connectivity index is 1.97. The molecule has 0 aromatic heterocycles. The van der Waals surface area contributed by atoms with E-state index in [4.69, 9.17) is 4.74 Å². The minimum atomic E-state index is -2.87. The van der Waals surface area contributed by atoms with Crippen LogP contribution < -0.4 is 10.1 Å². The molecule has 0 bridgehead atoms. The van der Waals surface area contributed by atoms with Gasteiger partial charge in [0.2, 0.25) is 0 Å².